The van der Waals surface area contributed by atoms with E-state index in [0.29, 0.717) is 25.3 Å². The minimum absolute atomic E-state index is 0.0190. The number of carbonyl (C=O) groups is 1. The predicted molar refractivity (Wildman–Crippen MR) is 89.8 cm³/mol. The molecule has 0 bridgehead atoms. The van der Waals surface area contributed by atoms with Gasteiger partial charge in [0, 0.05) is 24.0 Å². The smallest absolute Gasteiger partial charge is 0.228 e. The number of aromatic nitrogens is 2. The number of anilines is 1. The normalized spacial score (nSPS) is 22.7. The summed E-state index contributed by atoms with van der Waals surface area (Å²) in [6.07, 6.45) is 3.50. The van der Waals surface area contributed by atoms with Crippen LogP contribution in [0.15, 0.2) is 24.3 Å². The van der Waals surface area contributed by atoms with E-state index in [1.165, 1.54) is 5.56 Å². The summed E-state index contributed by atoms with van der Waals surface area (Å²) >= 11 is 0. The van der Waals surface area contributed by atoms with Gasteiger partial charge < -0.3 is 15.2 Å². The van der Waals surface area contributed by atoms with Gasteiger partial charge in [-0.25, -0.2) is 0 Å². The van der Waals surface area contributed by atoms with Crippen LogP contribution in [0.1, 0.15) is 31.2 Å². The van der Waals surface area contributed by atoms with Crippen molar-refractivity contribution in [3.05, 3.63) is 29.8 Å². The van der Waals surface area contributed by atoms with E-state index < -0.39 is 0 Å². The summed E-state index contributed by atoms with van der Waals surface area (Å²) in [5.41, 5.74) is 3.01. The van der Waals surface area contributed by atoms with Crippen LogP contribution in [0.5, 0.6) is 5.75 Å². The van der Waals surface area contributed by atoms with Crippen molar-refractivity contribution >= 4 is 11.7 Å². The Morgan fingerprint density at radius 3 is 2.96 bits per heavy atom. The second-order valence-electron chi connectivity index (χ2n) is 6.55. The number of nitrogens with zero attached hydrogens (tertiary/aromatic N) is 1. The Morgan fingerprint density at radius 1 is 1.29 bits per heavy atom. The average molecular weight is 327 g/mol. The van der Waals surface area contributed by atoms with Crippen molar-refractivity contribution in [2.45, 2.75) is 38.2 Å². The zero-order valence-electron chi connectivity index (χ0n) is 13.4. The maximum absolute atomic E-state index is 12.3. The Morgan fingerprint density at radius 2 is 2.12 bits per heavy atom. The summed E-state index contributed by atoms with van der Waals surface area (Å²) in [7, 11) is 0. The lowest BCUT2D eigenvalue weighted by Crippen LogP contribution is -2.28. The van der Waals surface area contributed by atoms with Gasteiger partial charge in [0.1, 0.15) is 5.75 Å². The number of H-pyrrole nitrogens is 1. The molecule has 0 saturated heterocycles. The van der Waals surface area contributed by atoms with E-state index in [1.54, 1.807) is 0 Å². The number of benzene rings is 1. The molecule has 1 saturated carbocycles. The molecule has 6 heteroatoms. The summed E-state index contributed by atoms with van der Waals surface area (Å²) < 4.78 is 5.72. The maximum Gasteiger partial charge on any atom is 0.228 e. The van der Waals surface area contributed by atoms with Crippen LogP contribution in [0.2, 0.25) is 0 Å². The fraction of sp³-hybridized carbons (Fsp3) is 0.444. The van der Waals surface area contributed by atoms with E-state index in [4.69, 9.17) is 4.74 Å². The van der Waals surface area contributed by atoms with E-state index in [-0.39, 0.29) is 17.9 Å². The van der Waals surface area contributed by atoms with Gasteiger partial charge in [0.15, 0.2) is 5.82 Å². The second-order valence-corrected chi connectivity index (χ2v) is 6.55. The van der Waals surface area contributed by atoms with Crippen LogP contribution in [-0.4, -0.2) is 33.9 Å². The Balaban J connectivity index is 1.48. The van der Waals surface area contributed by atoms with Gasteiger partial charge >= 0.3 is 0 Å². The van der Waals surface area contributed by atoms with E-state index in [9.17, 15) is 9.90 Å². The van der Waals surface area contributed by atoms with Gasteiger partial charge in [0.2, 0.25) is 5.91 Å². The number of amides is 1. The van der Waals surface area contributed by atoms with Crippen LogP contribution in [0.3, 0.4) is 0 Å². The largest absolute Gasteiger partial charge is 0.492 e. The number of aliphatic hydroxyl groups excluding tert-OH is 1. The fourth-order valence-corrected chi connectivity index (χ4v) is 3.52. The number of para-hydroxylation sites is 1. The summed E-state index contributed by atoms with van der Waals surface area (Å²) in [4.78, 5) is 12.3. The second kappa shape index (κ2) is 6.28. The van der Waals surface area contributed by atoms with Crippen LogP contribution >= 0.6 is 0 Å². The van der Waals surface area contributed by atoms with Gasteiger partial charge in [0.05, 0.1) is 18.4 Å². The van der Waals surface area contributed by atoms with E-state index in [2.05, 4.69) is 21.6 Å². The van der Waals surface area contributed by atoms with Crippen LogP contribution in [0, 0.1) is 5.92 Å². The van der Waals surface area contributed by atoms with Crippen molar-refractivity contribution < 1.29 is 14.6 Å². The number of hydrogen-bond acceptors (Lipinski definition) is 4. The number of carbonyl (C=O) groups excluding carboxylic acids is 1. The van der Waals surface area contributed by atoms with Crippen molar-refractivity contribution in [2.24, 2.45) is 5.92 Å². The molecule has 6 nitrogen and oxygen atoms in total. The first-order chi connectivity index (χ1) is 11.7. The van der Waals surface area contributed by atoms with Crippen LogP contribution in [0.25, 0.3) is 11.3 Å². The molecular weight excluding hydrogens is 306 g/mol. The number of nitrogens with one attached hydrogen (secondary N) is 2. The molecule has 4 rings (SSSR count). The molecule has 1 aliphatic heterocycles. The lowest BCUT2D eigenvalue weighted by atomic mass is 9.87. The summed E-state index contributed by atoms with van der Waals surface area (Å²) in [6, 6.07) is 7.91. The Bertz CT molecular complexity index is 748. The van der Waals surface area contributed by atoms with Crippen molar-refractivity contribution in [1.29, 1.82) is 0 Å². The number of rotatable bonds is 3. The van der Waals surface area contributed by atoms with Gasteiger partial charge in [0.25, 0.3) is 0 Å². The third kappa shape index (κ3) is 2.89. The van der Waals surface area contributed by atoms with Gasteiger partial charge in [-0.2, -0.15) is 5.10 Å². The fourth-order valence-electron chi connectivity index (χ4n) is 3.52. The van der Waals surface area contributed by atoms with Gasteiger partial charge in [-0.05, 0) is 37.3 Å². The highest BCUT2D eigenvalue weighted by atomic mass is 16.5. The van der Waals surface area contributed by atoms with Gasteiger partial charge in [-0.3, -0.25) is 9.89 Å². The molecule has 2 heterocycles. The molecule has 1 aliphatic carbocycles. The number of hydrogen-bond donors (Lipinski definition) is 3. The van der Waals surface area contributed by atoms with Gasteiger partial charge in [-0.15, -0.1) is 0 Å². The molecule has 3 N–H and O–H groups in total. The molecule has 24 heavy (non-hydrogen) atoms. The number of ether oxygens (including phenoxy) is 1. The van der Waals surface area contributed by atoms with Gasteiger partial charge in [-0.1, -0.05) is 12.1 Å². The molecule has 1 amide bonds. The third-order valence-electron chi connectivity index (χ3n) is 4.90. The van der Waals surface area contributed by atoms with Crippen molar-refractivity contribution in [2.75, 3.05) is 11.9 Å². The Hall–Kier alpha value is -2.34. The van der Waals surface area contributed by atoms with Crippen LogP contribution in [-0.2, 0) is 11.2 Å². The molecule has 0 radical (unpaired) electrons. The Kier molecular flexibility index (Phi) is 3.98. The lowest BCUT2D eigenvalue weighted by molar-refractivity contribution is -0.121. The monoisotopic (exact) mass is 327 g/mol. The molecule has 1 fully saturated rings. The van der Waals surface area contributed by atoms with Crippen molar-refractivity contribution in [3.8, 4) is 17.0 Å². The third-order valence-corrected chi connectivity index (χ3v) is 4.90. The van der Waals surface area contributed by atoms with Crippen LogP contribution < -0.4 is 10.1 Å². The first-order valence-electron chi connectivity index (χ1n) is 8.50. The SMILES string of the molecule is O=C(Nc1cc(-c2cccc3c2OCC3)[nH]n1)C1CCC(O)CC1. The summed E-state index contributed by atoms with van der Waals surface area (Å²) in [5, 5.41) is 19.6. The minimum atomic E-state index is -0.258. The highest BCUT2D eigenvalue weighted by molar-refractivity contribution is 5.92. The van der Waals surface area contributed by atoms with Crippen molar-refractivity contribution in [1.82, 2.24) is 10.2 Å². The van der Waals surface area contributed by atoms with E-state index in [1.807, 2.05) is 18.2 Å². The van der Waals surface area contributed by atoms with Crippen molar-refractivity contribution in [3.63, 3.8) is 0 Å². The highest BCUT2D eigenvalue weighted by Gasteiger charge is 2.26. The number of fused-ring (bicyclic) bond motifs is 1. The van der Waals surface area contributed by atoms with E-state index >= 15 is 0 Å². The maximum atomic E-state index is 12.3. The zero-order valence-corrected chi connectivity index (χ0v) is 13.4. The first kappa shape index (κ1) is 15.2. The summed E-state index contributed by atoms with van der Waals surface area (Å²) in [6.45, 7) is 0.706. The number of aromatic amines is 1. The van der Waals surface area contributed by atoms with Crippen LogP contribution in [0.4, 0.5) is 5.82 Å². The molecule has 126 valence electrons. The predicted octanol–water partition coefficient (Wildman–Crippen LogP) is 2.50. The lowest BCUT2D eigenvalue weighted by Gasteiger charge is -2.23. The first-order valence-corrected chi connectivity index (χ1v) is 8.50. The molecule has 2 aliphatic rings. The standard InChI is InChI=1S/C18H21N3O3/c22-13-6-4-12(5-7-13)18(23)19-16-10-15(20-21-16)14-3-1-2-11-8-9-24-17(11)14/h1-3,10,12-13,22H,4-9H2,(H2,19,20,21,23). The quantitative estimate of drug-likeness (QED) is 0.808. The zero-order chi connectivity index (χ0) is 16.5. The molecule has 1 aromatic carbocycles. The molecule has 0 unspecified atom stereocenters. The topological polar surface area (TPSA) is 87.2 Å². The average Bonchev–Trinajstić information content (AvgIpc) is 3.24. The Labute approximate surface area is 140 Å². The molecule has 0 atom stereocenters. The molecular formula is C18H21N3O3. The number of aliphatic hydroxyl groups is 1. The summed E-state index contributed by atoms with van der Waals surface area (Å²) in [5.74, 6) is 1.37. The molecule has 1 aromatic heterocycles. The molecule has 0 spiro atoms. The van der Waals surface area contributed by atoms with E-state index in [0.717, 1.165) is 36.3 Å². The highest BCUT2D eigenvalue weighted by Crippen LogP contribution is 2.36. The molecule has 2 aromatic rings. The minimum Gasteiger partial charge on any atom is -0.492 e.